The second kappa shape index (κ2) is 4.44. The second-order valence-corrected chi connectivity index (χ2v) is 3.29. The molecule has 0 amide bonds. The highest BCUT2D eigenvalue weighted by Gasteiger charge is 1.98. The van der Waals surface area contributed by atoms with Crippen LogP contribution in [0, 0.1) is 6.92 Å². The van der Waals surface area contributed by atoms with Gasteiger partial charge in [0, 0.05) is 11.6 Å². The lowest BCUT2D eigenvalue weighted by Crippen LogP contribution is -2.22. The molecule has 0 aliphatic carbocycles. The van der Waals surface area contributed by atoms with Gasteiger partial charge < -0.3 is 0 Å². The normalized spacial score (nSPS) is 11.8. The minimum atomic E-state index is -0.184. The number of halogens is 2. The van der Waals surface area contributed by atoms with Crippen molar-refractivity contribution in [2.24, 2.45) is 0 Å². The molecule has 0 saturated heterocycles. The maximum Gasteiger partial charge on any atom is 0.267 e. The summed E-state index contributed by atoms with van der Waals surface area (Å²) in [4.78, 5) is 11.3. The molecule has 13 heavy (non-hydrogen) atoms. The Morgan fingerprint density at radius 2 is 2.46 bits per heavy atom. The van der Waals surface area contributed by atoms with Crippen LogP contribution in [0.1, 0.15) is 5.56 Å². The lowest BCUT2D eigenvalue weighted by Gasteiger charge is -2.01. The summed E-state index contributed by atoms with van der Waals surface area (Å²) in [7, 11) is 0. The number of hydrogen-bond acceptors (Lipinski definition) is 2. The average molecular weight is 219 g/mol. The molecule has 3 nitrogen and oxygen atoms in total. The smallest absolute Gasteiger partial charge is 0.267 e. The van der Waals surface area contributed by atoms with Gasteiger partial charge in [-0.3, -0.25) is 4.79 Å². The Kier molecular flexibility index (Phi) is 3.51. The Labute approximate surface area is 85.6 Å². The number of allylic oxidation sites excluding steroid dienone is 1. The van der Waals surface area contributed by atoms with Gasteiger partial charge in [-0.15, -0.1) is 0 Å². The van der Waals surface area contributed by atoms with Gasteiger partial charge >= 0.3 is 0 Å². The maximum absolute atomic E-state index is 11.3. The van der Waals surface area contributed by atoms with Crippen LogP contribution in [-0.2, 0) is 6.54 Å². The fourth-order valence-corrected chi connectivity index (χ4v) is 1.00. The third-order valence-electron chi connectivity index (χ3n) is 1.43. The van der Waals surface area contributed by atoms with Crippen molar-refractivity contribution in [2.75, 3.05) is 0 Å². The van der Waals surface area contributed by atoms with Gasteiger partial charge in [-0.1, -0.05) is 23.2 Å². The monoisotopic (exact) mass is 218 g/mol. The van der Waals surface area contributed by atoms with E-state index in [0.29, 0.717) is 5.03 Å². The Bertz CT molecular complexity index is 384. The van der Waals surface area contributed by atoms with Crippen LogP contribution in [0.5, 0.6) is 0 Å². The van der Waals surface area contributed by atoms with E-state index in [2.05, 4.69) is 5.10 Å². The highest BCUT2D eigenvalue weighted by molar-refractivity contribution is 6.36. The zero-order valence-corrected chi connectivity index (χ0v) is 8.51. The fraction of sp³-hybridized carbons (Fsp3) is 0.250. The van der Waals surface area contributed by atoms with Crippen molar-refractivity contribution >= 4 is 23.2 Å². The number of hydrogen-bond donors (Lipinski definition) is 0. The van der Waals surface area contributed by atoms with Gasteiger partial charge in [-0.05, 0) is 12.5 Å². The predicted molar refractivity (Wildman–Crippen MR) is 53.0 cm³/mol. The molecule has 1 heterocycles. The molecule has 1 rings (SSSR count). The van der Waals surface area contributed by atoms with Crippen LogP contribution in [0.3, 0.4) is 0 Å². The zero-order chi connectivity index (χ0) is 9.84. The van der Waals surface area contributed by atoms with Crippen molar-refractivity contribution in [1.82, 2.24) is 9.78 Å². The molecule has 0 aromatic carbocycles. The first kappa shape index (κ1) is 10.3. The molecule has 0 saturated carbocycles. The van der Waals surface area contributed by atoms with Gasteiger partial charge in [-0.2, -0.15) is 5.10 Å². The van der Waals surface area contributed by atoms with E-state index in [1.165, 1.54) is 16.3 Å². The predicted octanol–water partition coefficient (Wildman–Crippen LogP) is 1.87. The molecule has 0 aliphatic heterocycles. The summed E-state index contributed by atoms with van der Waals surface area (Å²) in [5, 5.41) is 4.26. The Morgan fingerprint density at radius 1 is 1.77 bits per heavy atom. The summed E-state index contributed by atoms with van der Waals surface area (Å²) >= 11 is 11.0. The van der Waals surface area contributed by atoms with E-state index in [4.69, 9.17) is 23.2 Å². The van der Waals surface area contributed by atoms with Crippen LogP contribution in [-0.4, -0.2) is 9.78 Å². The molecule has 0 aliphatic rings. The van der Waals surface area contributed by atoms with E-state index < -0.39 is 0 Å². The highest BCUT2D eigenvalue weighted by Crippen LogP contribution is 2.04. The van der Waals surface area contributed by atoms with Crippen molar-refractivity contribution in [3.05, 3.63) is 38.7 Å². The van der Waals surface area contributed by atoms with Gasteiger partial charge in [-0.25, -0.2) is 4.68 Å². The van der Waals surface area contributed by atoms with E-state index in [-0.39, 0.29) is 12.1 Å². The minimum Gasteiger partial charge on any atom is -0.268 e. The molecule has 0 N–H and O–H groups in total. The molecule has 0 atom stereocenters. The summed E-state index contributed by atoms with van der Waals surface area (Å²) in [6, 6.07) is 1.49. The summed E-state index contributed by atoms with van der Waals surface area (Å²) in [5.74, 6) is 0. The average Bonchev–Trinajstić information content (AvgIpc) is 2.09. The van der Waals surface area contributed by atoms with Crippen LogP contribution < -0.4 is 5.56 Å². The van der Waals surface area contributed by atoms with E-state index >= 15 is 0 Å². The molecule has 5 heteroatoms. The SMILES string of the molecule is Cc1cnn(C/C(Cl)=C/Cl)c(=O)c1. The molecule has 0 spiro atoms. The number of rotatable bonds is 2. The van der Waals surface area contributed by atoms with Gasteiger partial charge in [0.2, 0.25) is 0 Å². The Balaban J connectivity index is 2.97. The fourth-order valence-electron chi connectivity index (χ4n) is 0.821. The summed E-state index contributed by atoms with van der Waals surface area (Å²) in [6.45, 7) is 2.02. The molecule has 0 unspecified atom stereocenters. The first-order valence-corrected chi connectivity index (χ1v) is 4.43. The molecule has 1 aromatic heterocycles. The van der Waals surface area contributed by atoms with Crippen LogP contribution in [0.2, 0.25) is 0 Å². The van der Waals surface area contributed by atoms with Crippen molar-refractivity contribution in [3.63, 3.8) is 0 Å². The quantitative estimate of drug-likeness (QED) is 0.760. The van der Waals surface area contributed by atoms with E-state index in [1.807, 2.05) is 0 Å². The first-order valence-electron chi connectivity index (χ1n) is 3.62. The van der Waals surface area contributed by atoms with Crippen LogP contribution in [0.25, 0.3) is 0 Å². The molecule has 70 valence electrons. The maximum atomic E-state index is 11.3. The second-order valence-electron chi connectivity index (χ2n) is 2.58. The number of aryl methyl sites for hydroxylation is 1. The van der Waals surface area contributed by atoms with Gasteiger partial charge in [0.15, 0.2) is 0 Å². The Morgan fingerprint density at radius 3 is 3.00 bits per heavy atom. The largest absolute Gasteiger partial charge is 0.268 e. The molecule has 0 bridgehead atoms. The molecule has 0 fully saturated rings. The summed E-state index contributed by atoms with van der Waals surface area (Å²) < 4.78 is 1.24. The van der Waals surface area contributed by atoms with Gasteiger partial charge in [0.1, 0.15) is 0 Å². The summed E-state index contributed by atoms with van der Waals surface area (Å²) in [5.41, 5.74) is 1.86. The van der Waals surface area contributed by atoms with Gasteiger partial charge in [0.25, 0.3) is 5.56 Å². The first-order chi connectivity index (χ1) is 6.13. The Hall–Kier alpha value is -0.800. The van der Waals surface area contributed by atoms with Crippen molar-refractivity contribution in [3.8, 4) is 0 Å². The van der Waals surface area contributed by atoms with Crippen LogP contribution in [0.4, 0.5) is 0 Å². The minimum absolute atomic E-state index is 0.184. The highest BCUT2D eigenvalue weighted by atomic mass is 35.5. The zero-order valence-electron chi connectivity index (χ0n) is 7.00. The van der Waals surface area contributed by atoms with Crippen LogP contribution >= 0.6 is 23.2 Å². The summed E-state index contributed by atoms with van der Waals surface area (Å²) in [6.07, 6.45) is 1.60. The molecule has 0 radical (unpaired) electrons. The topological polar surface area (TPSA) is 34.9 Å². The number of nitrogens with zero attached hydrogens (tertiary/aromatic N) is 2. The van der Waals surface area contributed by atoms with Crippen molar-refractivity contribution < 1.29 is 0 Å². The van der Waals surface area contributed by atoms with E-state index in [9.17, 15) is 4.79 Å². The third-order valence-corrected chi connectivity index (χ3v) is 2.03. The van der Waals surface area contributed by atoms with E-state index in [1.54, 1.807) is 13.1 Å². The molecular formula is C8H8Cl2N2O. The van der Waals surface area contributed by atoms with Crippen LogP contribution in [0.15, 0.2) is 27.6 Å². The number of aromatic nitrogens is 2. The van der Waals surface area contributed by atoms with E-state index in [0.717, 1.165) is 5.56 Å². The van der Waals surface area contributed by atoms with Crippen molar-refractivity contribution in [1.29, 1.82) is 0 Å². The lowest BCUT2D eigenvalue weighted by atomic mass is 10.3. The van der Waals surface area contributed by atoms with Crippen molar-refractivity contribution in [2.45, 2.75) is 13.5 Å². The molecule has 1 aromatic rings. The standard InChI is InChI=1S/C8H8Cl2N2O/c1-6-2-8(13)12(11-4-6)5-7(10)3-9/h2-4H,5H2,1H3/b7-3-. The lowest BCUT2D eigenvalue weighted by molar-refractivity contribution is 0.642. The third kappa shape index (κ3) is 2.86. The van der Waals surface area contributed by atoms with Gasteiger partial charge in [0.05, 0.1) is 17.8 Å². The molecular weight excluding hydrogens is 211 g/mol.